The van der Waals surface area contributed by atoms with Crippen LogP contribution in [-0.4, -0.2) is 23.8 Å². The molecule has 0 radical (unpaired) electrons. The molecule has 0 aliphatic carbocycles. The Hall–Kier alpha value is -2.52. The molecule has 6 heteroatoms. The van der Waals surface area contributed by atoms with Crippen molar-refractivity contribution in [2.24, 2.45) is 0 Å². The van der Waals surface area contributed by atoms with Crippen LogP contribution in [0.1, 0.15) is 23.2 Å². The molecule has 1 amide bonds. The van der Waals surface area contributed by atoms with E-state index in [1.54, 1.807) is 19.2 Å². The molecule has 5 nitrogen and oxygen atoms in total. The Balaban J connectivity index is 1.95. The lowest BCUT2D eigenvalue weighted by atomic mass is 10.1. The second-order valence-corrected chi connectivity index (χ2v) is 6.30. The highest BCUT2D eigenvalue weighted by atomic mass is 32.2. The number of carbonyl (C=O) groups excluding carboxylic acids is 1. The molecular formula is C18H19N3O2S. The van der Waals surface area contributed by atoms with Crippen molar-refractivity contribution in [2.75, 3.05) is 18.2 Å². The van der Waals surface area contributed by atoms with Gasteiger partial charge in [0, 0.05) is 17.9 Å². The molecule has 0 unspecified atom stereocenters. The number of amides is 1. The lowest BCUT2D eigenvalue weighted by Crippen LogP contribution is -2.13. The predicted molar refractivity (Wildman–Crippen MR) is 95.4 cm³/mol. The zero-order valence-electron chi connectivity index (χ0n) is 13.9. The first kappa shape index (κ1) is 17.8. The molecule has 2 rings (SSSR count). The van der Waals surface area contributed by atoms with Gasteiger partial charge in [0.2, 0.25) is 5.91 Å². The highest BCUT2D eigenvalue weighted by Gasteiger charge is 2.11. The largest absolute Gasteiger partial charge is 0.495 e. The van der Waals surface area contributed by atoms with Crippen molar-refractivity contribution in [2.45, 2.75) is 25.3 Å². The van der Waals surface area contributed by atoms with Crippen LogP contribution in [0.2, 0.25) is 0 Å². The van der Waals surface area contributed by atoms with Gasteiger partial charge in [-0.25, -0.2) is 4.98 Å². The third-order valence-electron chi connectivity index (χ3n) is 3.37. The Labute approximate surface area is 146 Å². The summed E-state index contributed by atoms with van der Waals surface area (Å²) in [6.45, 7) is 3.79. The minimum atomic E-state index is -0.102. The van der Waals surface area contributed by atoms with Gasteiger partial charge in [-0.3, -0.25) is 4.79 Å². The molecule has 0 spiro atoms. The van der Waals surface area contributed by atoms with E-state index >= 15 is 0 Å². The van der Waals surface area contributed by atoms with Gasteiger partial charge in [0.15, 0.2) is 0 Å². The molecule has 0 bridgehead atoms. The van der Waals surface area contributed by atoms with Crippen molar-refractivity contribution < 1.29 is 9.53 Å². The van der Waals surface area contributed by atoms with Gasteiger partial charge in [-0.05, 0) is 37.6 Å². The Morgan fingerprint density at radius 3 is 2.83 bits per heavy atom. The number of aromatic nitrogens is 1. The lowest BCUT2D eigenvalue weighted by Gasteiger charge is -2.10. The fraction of sp³-hybridized carbons (Fsp3) is 0.278. The number of hydrogen-bond donors (Lipinski definition) is 1. The Bertz CT molecular complexity index is 784. The number of ether oxygens (including phenoxy) is 1. The second kappa shape index (κ2) is 8.37. The summed E-state index contributed by atoms with van der Waals surface area (Å²) in [5.74, 6) is 1.07. The van der Waals surface area contributed by atoms with Crippen molar-refractivity contribution in [3.63, 3.8) is 0 Å². The van der Waals surface area contributed by atoms with E-state index in [1.807, 2.05) is 32.0 Å². The molecule has 124 valence electrons. The van der Waals surface area contributed by atoms with Crippen molar-refractivity contribution in [1.82, 2.24) is 4.98 Å². The fourth-order valence-corrected chi connectivity index (χ4v) is 3.28. The number of para-hydroxylation sites is 2. The van der Waals surface area contributed by atoms with Gasteiger partial charge in [0.1, 0.15) is 16.8 Å². The van der Waals surface area contributed by atoms with E-state index in [9.17, 15) is 10.1 Å². The number of nitrogens with one attached hydrogen (secondary N) is 1. The number of thioether (sulfide) groups is 1. The van der Waals surface area contributed by atoms with E-state index in [-0.39, 0.29) is 5.91 Å². The molecule has 0 aliphatic rings. The standard InChI is InChI=1S/C18H19N3O2S/c1-12-10-13(2)20-18(14(12)11-19)24-9-8-17(22)21-15-6-4-5-7-16(15)23-3/h4-7,10H,8-9H2,1-3H3,(H,21,22). The average Bonchev–Trinajstić information content (AvgIpc) is 2.55. The summed E-state index contributed by atoms with van der Waals surface area (Å²) >= 11 is 1.42. The minimum Gasteiger partial charge on any atom is -0.495 e. The smallest absolute Gasteiger partial charge is 0.225 e. The molecule has 2 aromatic rings. The second-order valence-electron chi connectivity index (χ2n) is 5.22. The van der Waals surface area contributed by atoms with Crippen LogP contribution < -0.4 is 10.1 Å². The van der Waals surface area contributed by atoms with Crippen LogP contribution in [0.15, 0.2) is 35.4 Å². The number of benzene rings is 1. The van der Waals surface area contributed by atoms with Gasteiger partial charge < -0.3 is 10.1 Å². The number of aryl methyl sites for hydroxylation is 2. The van der Waals surface area contributed by atoms with Gasteiger partial charge in [-0.2, -0.15) is 5.26 Å². The van der Waals surface area contributed by atoms with Gasteiger partial charge in [0.25, 0.3) is 0 Å². The molecule has 24 heavy (non-hydrogen) atoms. The maximum atomic E-state index is 12.1. The van der Waals surface area contributed by atoms with Crippen molar-refractivity contribution in [1.29, 1.82) is 5.26 Å². The van der Waals surface area contributed by atoms with Gasteiger partial charge >= 0.3 is 0 Å². The molecular weight excluding hydrogens is 322 g/mol. The zero-order chi connectivity index (χ0) is 17.5. The molecule has 0 atom stereocenters. The van der Waals surface area contributed by atoms with Gasteiger partial charge in [0.05, 0.1) is 18.4 Å². The van der Waals surface area contributed by atoms with E-state index in [2.05, 4.69) is 16.4 Å². The molecule has 0 saturated carbocycles. The Morgan fingerprint density at radius 1 is 1.38 bits per heavy atom. The fourth-order valence-electron chi connectivity index (χ4n) is 2.24. The average molecular weight is 341 g/mol. The number of carbonyl (C=O) groups is 1. The van der Waals surface area contributed by atoms with Crippen LogP contribution >= 0.6 is 11.8 Å². The summed E-state index contributed by atoms with van der Waals surface area (Å²) in [5.41, 5.74) is 3.01. The van der Waals surface area contributed by atoms with Gasteiger partial charge in [-0.1, -0.05) is 12.1 Å². The van der Waals surface area contributed by atoms with Crippen LogP contribution in [-0.2, 0) is 4.79 Å². The number of methoxy groups -OCH3 is 1. The zero-order valence-corrected chi connectivity index (χ0v) is 14.7. The van der Waals surface area contributed by atoms with E-state index in [4.69, 9.17) is 4.74 Å². The van der Waals surface area contributed by atoms with Gasteiger partial charge in [-0.15, -0.1) is 11.8 Å². The van der Waals surface area contributed by atoms with Crippen molar-refractivity contribution >= 4 is 23.4 Å². The molecule has 0 saturated heterocycles. The maximum Gasteiger partial charge on any atom is 0.225 e. The third kappa shape index (κ3) is 4.49. The van der Waals surface area contributed by atoms with Crippen molar-refractivity contribution in [3.05, 3.63) is 47.2 Å². The minimum absolute atomic E-state index is 0.102. The topological polar surface area (TPSA) is 75.0 Å². The summed E-state index contributed by atoms with van der Waals surface area (Å²) in [6.07, 6.45) is 0.322. The summed E-state index contributed by atoms with van der Waals surface area (Å²) < 4.78 is 5.21. The molecule has 0 aliphatic heterocycles. The summed E-state index contributed by atoms with van der Waals surface area (Å²) in [7, 11) is 1.57. The van der Waals surface area contributed by atoms with E-state index in [1.165, 1.54) is 11.8 Å². The highest BCUT2D eigenvalue weighted by molar-refractivity contribution is 7.99. The SMILES string of the molecule is COc1ccccc1NC(=O)CCSc1nc(C)cc(C)c1C#N. The molecule has 1 heterocycles. The predicted octanol–water partition coefficient (Wildman–Crippen LogP) is 3.70. The van der Waals surface area contributed by atoms with Crippen molar-refractivity contribution in [3.8, 4) is 11.8 Å². The molecule has 1 aromatic carbocycles. The number of pyridine rings is 1. The number of nitriles is 1. The van der Waals surface area contributed by atoms with Crippen LogP contribution in [0.5, 0.6) is 5.75 Å². The Morgan fingerprint density at radius 2 is 2.12 bits per heavy atom. The highest BCUT2D eigenvalue weighted by Crippen LogP contribution is 2.25. The van der Waals surface area contributed by atoms with E-state index in [0.717, 1.165) is 11.3 Å². The molecule has 1 aromatic heterocycles. The van der Waals surface area contributed by atoms with E-state index < -0.39 is 0 Å². The summed E-state index contributed by atoms with van der Waals surface area (Å²) in [5, 5.41) is 12.8. The number of hydrogen-bond acceptors (Lipinski definition) is 5. The summed E-state index contributed by atoms with van der Waals surface area (Å²) in [4.78, 5) is 16.5. The first-order valence-corrected chi connectivity index (χ1v) is 8.47. The molecule has 0 fully saturated rings. The summed E-state index contributed by atoms with van der Waals surface area (Å²) in [6, 6.07) is 11.3. The van der Waals surface area contributed by atoms with E-state index in [0.29, 0.717) is 34.2 Å². The maximum absolute atomic E-state index is 12.1. The Kier molecular flexibility index (Phi) is 6.21. The lowest BCUT2D eigenvalue weighted by molar-refractivity contribution is -0.115. The first-order chi connectivity index (χ1) is 11.5. The first-order valence-electron chi connectivity index (χ1n) is 7.49. The number of nitrogens with zero attached hydrogens (tertiary/aromatic N) is 2. The van der Waals surface area contributed by atoms with Crippen LogP contribution in [0.3, 0.4) is 0 Å². The van der Waals surface area contributed by atoms with Crippen LogP contribution in [0.4, 0.5) is 5.69 Å². The van der Waals surface area contributed by atoms with Crippen LogP contribution in [0.25, 0.3) is 0 Å². The number of anilines is 1. The monoisotopic (exact) mass is 341 g/mol. The quantitative estimate of drug-likeness (QED) is 0.811. The van der Waals surface area contributed by atoms with Crippen LogP contribution in [0, 0.1) is 25.2 Å². The normalized spacial score (nSPS) is 10.1. The number of rotatable bonds is 6. The molecule has 1 N–H and O–H groups in total. The third-order valence-corrected chi connectivity index (χ3v) is 4.35.